The quantitative estimate of drug-likeness (QED) is 0.788. The molecule has 0 radical (unpaired) electrons. The highest BCUT2D eigenvalue weighted by Crippen LogP contribution is 2.08. The van der Waals surface area contributed by atoms with Crippen LogP contribution in [0.2, 0.25) is 0 Å². The van der Waals surface area contributed by atoms with Gasteiger partial charge in [-0.15, -0.1) is 0 Å². The summed E-state index contributed by atoms with van der Waals surface area (Å²) in [6, 6.07) is 0. The van der Waals surface area contributed by atoms with E-state index in [4.69, 9.17) is 0 Å². The minimum atomic E-state index is -0.734. The molecule has 1 aromatic rings. The van der Waals surface area contributed by atoms with Gasteiger partial charge in [0.05, 0.1) is 12.1 Å². The zero-order valence-corrected chi connectivity index (χ0v) is 9.41. The van der Waals surface area contributed by atoms with E-state index in [0.29, 0.717) is 6.54 Å². The zero-order valence-electron chi connectivity index (χ0n) is 9.41. The highest BCUT2D eigenvalue weighted by atomic mass is 16.3. The van der Waals surface area contributed by atoms with Crippen LogP contribution in [-0.4, -0.2) is 25.5 Å². The van der Waals surface area contributed by atoms with Crippen LogP contribution in [0.1, 0.15) is 39.3 Å². The number of aliphatic hydroxyl groups is 1. The van der Waals surface area contributed by atoms with E-state index in [-0.39, 0.29) is 0 Å². The Morgan fingerprint density at radius 1 is 1.29 bits per heavy atom. The minimum absolute atomic E-state index is 0.503. The third-order valence-electron chi connectivity index (χ3n) is 1.96. The smallest absolute Gasteiger partial charge is 0.150 e. The standard InChI is InChI=1S/C10H19N3O/c1-5-8-11-9(6-2)13(12-8)7-10(3,4)14/h14H,5-7H2,1-4H3. The summed E-state index contributed by atoms with van der Waals surface area (Å²) in [7, 11) is 0. The average Bonchev–Trinajstić information content (AvgIpc) is 2.44. The van der Waals surface area contributed by atoms with E-state index in [1.165, 1.54) is 0 Å². The molecule has 4 nitrogen and oxygen atoms in total. The predicted molar refractivity (Wildman–Crippen MR) is 55.1 cm³/mol. The first kappa shape index (κ1) is 11.2. The maximum absolute atomic E-state index is 9.68. The fourth-order valence-corrected chi connectivity index (χ4v) is 1.33. The summed E-state index contributed by atoms with van der Waals surface area (Å²) in [5.74, 6) is 1.80. The van der Waals surface area contributed by atoms with Crippen LogP contribution in [0.4, 0.5) is 0 Å². The van der Waals surface area contributed by atoms with Crippen LogP contribution in [0, 0.1) is 0 Å². The Morgan fingerprint density at radius 2 is 1.93 bits per heavy atom. The van der Waals surface area contributed by atoms with Crippen LogP contribution >= 0.6 is 0 Å². The Bertz CT molecular complexity index is 299. The van der Waals surface area contributed by atoms with Crippen molar-refractivity contribution >= 4 is 0 Å². The van der Waals surface area contributed by atoms with Crippen molar-refractivity contribution in [1.82, 2.24) is 14.8 Å². The molecule has 0 amide bonds. The van der Waals surface area contributed by atoms with E-state index < -0.39 is 5.60 Å². The van der Waals surface area contributed by atoms with E-state index in [1.54, 1.807) is 18.5 Å². The fraction of sp³-hybridized carbons (Fsp3) is 0.800. The second kappa shape index (κ2) is 4.09. The second-order valence-electron chi connectivity index (χ2n) is 4.12. The third kappa shape index (κ3) is 2.80. The number of nitrogens with zero attached hydrogens (tertiary/aromatic N) is 3. The summed E-state index contributed by atoms with van der Waals surface area (Å²) in [5.41, 5.74) is -0.734. The molecule has 0 aliphatic carbocycles. The van der Waals surface area contributed by atoms with E-state index in [0.717, 1.165) is 24.5 Å². The number of rotatable bonds is 4. The lowest BCUT2D eigenvalue weighted by Crippen LogP contribution is -2.27. The molecule has 1 N–H and O–H groups in total. The van der Waals surface area contributed by atoms with Crippen LogP contribution in [0.15, 0.2) is 0 Å². The molecule has 1 aromatic heterocycles. The molecular formula is C10H19N3O. The lowest BCUT2D eigenvalue weighted by atomic mass is 10.1. The van der Waals surface area contributed by atoms with Crippen molar-refractivity contribution in [2.24, 2.45) is 0 Å². The van der Waals surface area contributed by atoms with Crippen molar-refractivity contribution in [2.45, 2.75) is 52.7 Å². The van der Waals surface area contributed by atoms with E-state index >= 15 is 0 Å². The van der Waals surface area contributed by atoms with Crippen molar-refractivity contribution < 1.29 is 5.11 Å². The molecule has 1 rings (SSSR count). The number of aryl methyl sites for hydroxylation is 2. The van der Waals surface area contributed by atoms with Gasteiger partial charge in [0.15, 0.2) is 5.82 Å². The molecule has 0 aliphatic heterocycles. The van der Waals surface area contributed by atoms with Gasteiger partial charge < -0.3 is 5.11 Å². The maximum atomic E-state index is 9.68. The number of aromatic nitrogens is 3. The molecule has 1 heterocycles. The molecule has 0 bridgehead atoms. The lowest BCUT2D eigenvalue weighted by Gasteiger charge is -2.17. The van der Waals surface area contributed by atoms with Crippen LogP contribution < -0.4 is 0 Å². The Morgan fingerprint density at radius 3 is 2.36 bits per heavy atom. The summed E-state index contributed by atoms with van der Waals surface area (Å²) >= 11 is 0. The summed E-state index contributed by atoms with van der Waals surface area (Å²) in [6.07, 6.45) is 1.69. The molecule has 0 atom stereocenters. The van der Waals surface area contributed by atoms with Crippen LogP contribution in [0.25, 0.3) is 0 Å². The van der Waals surface area contributed by atoms with Gasteiger partial charge in [0, 0.05) is 12.8 Å². The van der Waals surface area contributed by atoms with E-state index in [9.17, 15) is 5.11 Å². The molecule has 0 saturated heterocycles. The van der Waals surface area contributed by atoms with Gasteiger partial charge in [0.1, 0.15) is 5.82 Å². The van der Waals surface area contributed by atoms with Crippen molar-refractivity contribution in [3.63, 3.8) is 0 Å². The van der Waals surface area contributed by atoms with Crippen LogP contribution in [0.3, 0.4) is 0 Å². The zero-order chi connectivity index (χ0) is 10.8. The van der Waals surface area contributed by atoms with Crippen molar-refractivity contribution in [3.8, 4) is 0 Å². The van der Waals surface area contributed by atoms with Gasteiger partial charge in [-0.25, -0.2) is 9.67 Å². The van der Waals surface area contributed by atoms with E-state index in [1.807, 2.05) is 13.8 Å². The Hall–Kier alpha value is -0.900. The summed E-state index contributed by atoms with van der Waals surface area (Å²) in [6.45, 7) is 8.14. The normalized spacial score (nSPS) is 12.1. The summed E-state index contributed by atoms with van der Waals surface area (Å²) in [4.78, 5) is 4.37. The molecule has 0 aliphatic rings. The summed E-state index contributed by atoms with van der Waals surface area (Å²) in [5, 5.41) is 14.0. The molecule has 0 unspecified atom stereocenters. The van der Waals surface area contributed by atoms with Crippen molar-refractivity contribution in [3.05, 3.63) is 11.6 Å². The summed E-state index contributed by atoms with van der Waals surface area (Å²) < 4.78 is 1.80. The molecule has 0 fully saturated rings. The Kier molecular flexibility index (Phi) is 3.26. The molecule has 0 spiro atoms. The number of hydrogen-bond acceptors (Lipinski definition) is 3. The first-order valence-corrected chi connectivity index (χ1v) is 5.11. The second-order valence-corrected chi connectivity index (χ2v) is 4.12. The molecule has 80 valence electrons. The van der Waals surface area contributed by atoms with Crippen molar-refractivity contribution in [2.75, 3.05) is 0 Å². The van der Waals surface area contributed by atoms with E-state index in [2.05, 4.69) is 10.1 Å². The van der Waals surface area contributed by atoms with Gasteiger partial charge in [-0.2, -0.15) is 5.10 Å². The molecule has 0 saturated carbocycles. The lowest BCUT2D eigenvalue weighted by molar-refractivity contribution is 0.0566. The topological polar surface area (TPSA) is 50.9 Å². The SMILES string of the molecule is CCc1nc(CC)n(CC(C)(C)O)n1. The fourth-order valence-electron chi connectivity index (χ4n) is 1.33. The highest BCUT2D eigenvalue weighted by Gasteiger charge is 2.17. The molecule has 14 heavy (non-hydrogen) atoms. The number of hydrogen-bond donors (Lipinski definition) is 1. The average molecular weight is 197 g/mol. The van der Waals surface area contributed by atoms with Gasteiger partial charge in [0.25, 0.3) is 0 Å². The predicted octanol–water partition coefficient (Wildman–Crippen LogP) is 1.17. The monoisotopic (exact) mass is 197 g/mol. The van der Waals surface area contributed by atoms with Crippen LogP contribution in [0.5, 0.6) is 0 Å². The van der Waals surface area contributed by atoms with Gasteiger partial charge in [-0.3, -0.25) is 0 Å². The molecule has 4 heteroatoms. The van der Waals surface area contributed by atoms with Gasteiger partial charge in [0.2, 0.25) is 0 Å². The van der Waals surface area contributed by atoms with Gasteiger partial charge in [-0.1, -0.05) is 13.8 Å². The third-order valence-corrected chi connectivity index (χ3v) is 1.96. The highest BCUT2D eigenvalue weighted by molar-refractivity contribution is 4.93. The first-order chi connectivity index (χ1) is 6.46. The van der Waals surface area contributed by atoms with Gasteiger partial charge in [-0.05, 0) is 13.8 Å². The minimum Gasteiger partial charge on any atom is -0.389 e. The first-order valence-electron chi connectivity index (χ1n) is 5.11. The van der Waals surface area contributed by atoms with Crippen molar-refractivity contribution in [1.29, 1.82) is 0 Å². The molecule has 0 aromatic carbocycles. The molecular weight excluding hydrogens is 178 g/mol. The maximum Gasteiger partial charge on any atom is 0.150 e. The van der Waals surface area contributed by atoms with Gasteiger partial charge >= 0.3 is 0 Å². The Labute approximate surface area is 85.0 Å². The van der Waals surface area contributed by atoms with Crippen LogP contribution in [-0.2, 0) is 19.4 Å². The largest absolute Gasteiger partial charge is 0.389 e. The Balaban J connectivity index is 2.89.